The molecule has 0 atom stereocenters. The summed E-state index contributed by atoms with van der Waals surface area (Å²) in [7, 11) is -1.63. The molecule has 0 aliphatic heterocycles. The van der Waals surface area contributed by atoms with E-state index in [2.05, 4.69) is 6.92 Å². The number of rotatable bonds is 7. The Morgan fingerprint density at radius 2 is 1.95 bits per heavy atom. The molecule has 1 aromatic rings. The molecule has 0 unspecified atom stereocenters. The molecular formula is C13H22N2O3S2. The number of hydrogen-bond donors (Lipinski definition) is 1. The number of Topliss-reactive ketones (excluding diaryl/α,β-unsaturated/α-hetero) is 1. The quantitative estimate of drug-likeness (QED) is 0.781. The Balaban J connectivity index is 3.39. The molecule has 0 radical (unpaired) electrons. The van der Waals surface area contributed by atoms with Crippen LogP contribution in [0.1, 0.15) is 42.8 Å². The van der Waals surface area contributed by atoms with Gasteiger partial charge >= 0.3 is 0 Å². The molecule has 114 valence electrons. The van der Waals surface area contributed by atoms with Crippen LogP contribution < -0.4 is 10.6 Å². The number of anilines is 2. The first-order valence-electron chi connectivity index (χ1n) is 6.60. The smallest absolute Gasteiger partial charge is 0.180 e. The zero-order chi connectivity index (χ0) is 15.5. The van der Waals surface area contributed by atoms with Crippen molar-refractivity contribution in [2.45, 2.75) is 38.0 Å². The highest BCUT2D eigenvalue weighted by Crippen LogP contribution is 2.41. The van der Waals surface area contributed by atoms with Crippen LogP contribution in [-0.4, -0.2) is 34.0 Å². The van der Waals surface area contributed by atoms with Crippen LogP contribution in [0.3, 0.4) is 0 Å². The molecule has 0 spiro atoms. The predicted molar refractivity (Wildman–Crippen MR) is 84.6 cm³/mol. The number of nitrogens with zero attached hydrogens (tertiary/aromatic N) is 1. The Hall–Kier alpha value is -1.08. The second-order valence-corrected chi connectivity index (χ2v) is 7.75. The molecule has 0 saturated heterocycles. The van der Waals surface area contributed by atoms with Gasteiger partial charge in [-0.1, -0.05) is 20.3 Å². The summed E-state index contributed by atoms with van der Waals surface area (Å²) >= 11 is 1.18. The van der Waals surface area contributed by atoms with Crippen molar-refractivity contribution < 1.29 is 13.2 Å². The highest BCUT2D eigenvalue weighted by Gasteiger charge is 2.28. The van der Waals surface area contributed by atoms with E-state index >= 15 is 0 Å². The molecule has 7 heteroatoms. The highest BCUT2D eigenvalue weighted by molar-refractivity contribution is 7.91. The van der Waals surface area contributed by atoms with E-state index < -0.39 is 9.84 Å². The fraction of sp³-hybridized carbons (Fsp3) is 0.615. The van der Waals surface area contributed by atoms with E-state index in [9.17, 15) is 13.2 Å². The summed E-state index contributed by atoms with van der Waals surface area (Å²) in [5.74, 6) is -0.118. The van der Waals surface area contributed by atoms with Crippen LogP contribution >= 0.6 is 11.3 Å². The first-order chi connectivity index (χ1) is 9.23. The van der Waals surface area contributed by atoms with Crippen LogP contribution in [0, 0.1) is 0 Å². The fourth-order valence-corrected chi connectivity index (χ4v) is 4.62. The van der Waals surface area contributed by atoms with Crippen LogP contribution in [0.2, 0.25) is 0 Å². The number of ketones is 1. The van der Waals surface area contributed by atoms with Gasteiger partial charge in [-0.25, -0.2) is 8.42 Å². The van der Waals surface area contributed by atoms with E-state index in [4.69, 9.17) is 5.73 Å². The maximum atomic E-state index is 12.0. The maximum absolute atomic E-state index is 12.0. The minimum absolute atomic E-state index is 0.0953. The van der Waals surface area contributed by atoms with Gasteiger partial charge in [0.25, 0.3) is 0 Å². The zero-order valence-corrected chi connectivity index (χ0v) is 14.0. The summed E-state index contributed by atoms with van der Waals surface area (Å²) in [5, 5.41) is 0.565. The average molecular weight is 318 g/mol. The van der Waals surface area contributed by atoms with Gasteiger partial charge in [-0.15, -0.1) is 11.3 Å². The van der Waals surface area contributed by atoms with Gasteiger partial charge < -0.3 is 10.6 Å². The lowest BCUT2D eigenvalue weighted by molar-refractivity contribution is 0.0992. The molecule has 0 fully saturated rings. The molecule has 1 aromatic heterocycles. The number of carbonyl (C=O) groups excluding carboxylic acids is 1. The molecule has 0 amide bonds. The molecular weight excluding hydrogens is 296 g/mol. The fourth-order valence-electron chi connectivity index (χ4n) is 1.89. The van der Waals surface area contributed by atoms with Gasteiger partial charge in [-0.2, -0.15) is 0 Å². The largest absolute Gasteiger partial charge is 0.396 e. The van der Waals surface area contributed by atoms with Crippen molar-refractivity contribution in [3.63, 3.8) is 0 Å². The van der Waals surface area contributed by atoms with Crippen molar-refractivity contribution >= 4 is 37.6 Å². The molecule has 0 saturated carbocycles. The van der Waals surface area contributed by atoms with Crippen molar-refractivity contribution in [1.29, 1.82) is 0 Å². The third-order valence-electron chi connectivity index (χ3n) is 3.02. The zero-order valence-electron chi connectivity index (χ0n) is 12.4. The Morgan fingerprint density at radius 1 is 1.35 bits per heavy atom. The molecule has 5 nitrogen and oxygen atoms in total. The Labute approximate surface area is 124 Å². The van der Waals surface area contributed by atoms with Crippen LogP contribution in [0.4, 0.5) is 10.7 Å². The second-order valence-electron chi connectivity index (χ2n) is 4.80. The van der Waals surface area contributed by atoms with E-state index in [0.717, 1.165) is 25.6 Å². The Bertz CT molecular complexity index is 591. The number of thiophene rings is 1. The van der Waals surface area contributed by atoms with E-state index in [1.807, 2.05) is 11.9 Å². The topological polar surface area (TPSA) is 80.5 Å². The molecule has 2 N–H and O–H groups in total. The molecule has 0 aliphatic carbocycles. The lowest BCUT2D eigenvalue weighted by atomic mass is 10.2. The SMILES string of the molecule is CCCCN(C)c1sc(C(=O)CC)c(N)c1S(C)(=O)=O. The van der Waals surface area contributed by atoms with Crippen molar-refractivity contribution in [3.8, 4) is 0 Å². The van der Waals surface area contributed by atoms with E-state index in [0.29, 0.717) is 16.3 Å². The molecule has 20 heavy (non-hydrogen) atoms. The summed E-state index contributed by atoms with van der Waals surface area (Å²) < 4.78 is 23.9. The van der Waals surface area contributed by atoms with Crippen molar-refractivity contribution in [1.82, 2.24) is 0 Å². The molecule has 0 aliphatic rings. The van der Waals surface area contributed by atoms with Crippen LogP contribution in [0.25, 0.3) is 0 Å². The van der Waals surface area contributed by atoms with Gasteiger partial charge in [0.2, 0.25) is 0 Å². The van der Waals surface area contributed by atoms with Crippen molar-refractivity contribution in [2.75, 3.05) is 30.5 Å². The summed E-state index contributed by atoms with van der Waals surface area (Å²) in [6.45, 7) is 4.54. The number of sulfone groups is 1. The number of unbranched alkanes of at least 4 members (excludes halogenated alkanes) is 1. The average Bonchev–Trinajstić information content (AvgIpc) is 2.72. The van der Waals surface area contributed by atoms with Crippen molar-refractivity contribution in [2.24, 2.45) is 0 Å². The predicted octanol–water partition coefficient (Wildman–Crippen LogP) is 2.56. The number of nitrogens with two attached hydrogens (primary N) is 1. The van der Waals surface area contributed by atoms with Crippen LogP contribution in [0.5, 0.6) is 0 Å². The van der Waals surface area contributed by atoms with Crippen molar-refractivity contribution in [3.05, 3.63) is 4.88 Å². The standard InChI is InChI=1S/C13H22N2O3S2/c1-5-7-8-15(3)13-12(20(4,17)18)10(14)11(19-13)9(16)6-2/h5-8,14H2,1-4H3. The summed E-state index contributed by atoms with van der Waals surface area (Å²) in [6.07, 6.45) is 3.41. The van der Waals surface area contributed by atoms with E-state index in [1.54, 1.807) is 6.92 Å². The van der Waals surface area contributed by atoms with Gasteiger partial charge in [-0.3, -0.25) is 4.79 Å². The number of hydrogen-bond acceptors (Lipinski definition) is 6. The second kappa shape index (κ2) is 6.58. The number of carbonyl (C=O) groups is 1. The summed E-state index contributed by atoms with van der Waals surface area (Å²) in [6, 6.07) is 0. The minimum Gasteiger partial charge on any atom is -0.396 e. The Kier molecular flexibility index (Phi) is 5.59. The Morgan fingerprint density at radius 3 is 2.40 bits per heavy atom. The van der Waals surface area contributed by atoms with E-state index in [-0.39, 0.29) is 16.4 Å². The van der Waals surface area contributed by atoms with Crippen LogP contribution in [0.15, 0.2) is 4.90 Å². The molecule has 1 rings (SSSR count). The molecule has 0 aromatic carbocycles. The highest BCUT2D eigenvalue weighted by atomic mass is 32.2. The lowest BCUT2D eigenvalue weighted by Crippen LogP contribution is -2.19. The van der Waals surface area contributed by atoms with E-state index in [1.165, 1.54) is 11.3 Å². The first-order valence-corrected chi connectivity index (χ1v) is 9.31. The normalized spacial score (nSPS) is 11.6. The molecule has 1 heterocycles. The van der Waals surface area contributed by atoms with Crippen LogP contribution in [-0.2, 0) is 9.84 Å². The van der Waals surface area contributed by atoms with Gasteiger partial charge in [0.15, 0.2) is 15.6 Å². The summed E-state index contributed by atoms with van der Waals surface area (Å²) in [5.41, 5.74) is 6.02. The first kappa shape index (κ1) is 17.0. The van der Waals surface area contributed by atoms with Gasteiger partial charge in [0.1, 0.15) is 9.90 Å². The molecule has 0 bridgehead atoms. The van der Waals surface area contributed by atoms with Gasteiger partial charge in [-0.05, 0) is 6.42 Å². The third-order valence-corrected chi connectivity index (χ3v) is 5.67. The summed E-state index contributed by atoms with van der Waals surface area (Å²) in [4.78, 5) is 14.2. The lowest BCUT2D eigenvalue weighted by Gasteiger charge is -2.18. The monoisotopic (exact) mass is 318 g/mol. The maximum Gasteiger partial charge on any atom is 0.180 e. The third kappa shape index (κ3) is 3.52. The number of nitrogen functional groups attached to an aromatic ring is 1. The minimum atomic E-state index is -3.46. The van der Waals surface area contributed by atoms with Gasteiger partial charge in [0, 0.05) is 26.3 Å². The van der Waals surface area contributed by atoms with Gasteiger partial charge in [0.05, 0.1) is 10.6 Å².